The second kappa shape index (κ2) is 5.56. The summed E-state index contributed by atoms with van der Waals surface area (Å²) in [5.74, 6) is -0.415. The summed E-state index contributed by atoms with van der Waals surface area (Å²) < 4.78 is 5.39. The highest BCUT2D eigenvalue weighted by Gasteiger charge is 2.02. The summed E-state index contributed by atoms with van der Waals surface area (Å²) in [5.41, 5.74) is 1.68. The van der Waals surface area contributed by atoms with Gasteiger partial charge >= 0.3 is 5.97 Å². The van der Waals surface area contributed by atoms with Crippen molar-refractivity contribution in [2.45, 2.75) is 13.8 Å². The third-order valence-electron chi connectivity index (χ3n) is 1.91. The van der Waals surface area contributed by atoms with E-state index in [0.717, 1.165) is 11.6 Å². The summed E-state index contributed by atoms with van der Waals surface area (Å²) in [4.78, 5) is 10.4. The molecule has 1 aromatic carbocycles. The van der Waals surface area contributed by atoms with Crippen LogP contribution in [0.3, 0.4) is 0 Å². The van der Waals surface area contributed by atoms with Gasteiger partial charge in [0.1, 0.15) is 12.4 Å². The average Bonchev–Trinajstić information content (AvgIpc) is 2.15. The molecule has 0 atom stereocenters. The van der Waals surface area contributed by atoms with E-state index in [1.807, 2.05) is 13.0 Å². The van der Waals surface area contributed by atoms with Crippen molar-refractivity contribution in [1.82, 2.24) is 0 Å². The molecule has 0 unspecified atom stereocenters. The van der Waals surface area contributed by atoms with Crippen molar-refractivity contribution < 1.29 is 14.6 Å². The Kier molecular flexibility index (Phi) is 4.38. The van der Waals surface area contributed by atoms with Crippen LogP contribution < -0.4 is 4.74 Å². The van der Waals surface area contributed by atoms with E-state index in [9.17, 15) is 4.79 Å². The van der Waals surface area contributed by atoms with Crippen LogP contribution in [0.5, 0.6) is 5.75 Å². The van der Waals surface area contributed by atoms with E-state index in [2.05, 4.69) is 0 Å². The normalized spacial score (nSPS) is 11.3. The van der Waals surface area contributed by atoms with Crippen LogP contribution in [0.4, 0.5) is 0 Å². The smallest absolute Gasteiger partial charge is 0.328 e. The molecule has 0 aliphatic heterocycles. The zero-order valence-corrected chi connectivity index (χ0v) is 9.91. The maximum Gasteiger partial charge on any atom is 0.328 e. The zero-order valence-electron chi connectivity index (χ0n) is 9.16. The number of ether oxygens (including phenoxy) is 1. The third kappa shape index (κ3) is 3.95. The van der Waals surface area contributed by atoms with E-state index in [0.29, 0.717) is 16.3 Å². The van der Waals surface area contributed by atoms with Gasteiger partial charge in [-0.2, -0.15) is 0 Å². The Labute approximate surface area is 99.3 Å². The number of halogens is 1. The van der Waals surface area contributed by atoms with Crippen molar-refractivity contribution in [1.29, 1.82) is 0 Å². The number of hydrogen-bond donors (Lipinski definition) is 1. The van der Waals surface area contributed by atoms with Gasteiger partial charge in [-0.25, -0.2) is 4.79 Å². The van der Waals surface area contributed by atoms with E-state index in [-0.39, 0.29) is 6.61 Å². The summed E-state index contributed by atoms with van der Waals surface area (Å²) in [6, 6.07) is 5.45. The Morgan fingerprint density at radius 3 is 2.81 bits per heavy atom. The third-order valence-corrected chi connectivity index (χ3v) is 2.21. The zero-order chi connectivity index (χ0) is 12.1. The van der Waals surface area contributed by atoms with Gasteiger partial charge in [-0.15, -0.1) is 0 Å². The fourth-order valence-corrected chi connectivity index (χ4v) is 1.46. The van der Waals surface area contributed by atoms with Gasteiger partial charge in [-0.05, 0) is 37.1 Å². The van der Waals surface area contributed by atoms with Gasteiger partial charge in [0.25, 0.3) is 0 Å². The van der Waals surface area contributed by atoms with Crippen LogP contribution in [0.1, 0.15) is 12.5 Å². The SMILES string of the molecule is CC(=CC(=O)O)COc1ccc(C)cc1Cl. The molecule has 0 aliphatic carbocycles. The van der Waals surface area contributed by atoms with E-state index < -0.39 is 5.97 Å². The topological polar surface area (TPSA) is 46.5 Å². The Balaban J connectivity index is 2.65. The minimum Gasteiger partial charge on any atom is -0.488 e. The van der Waals surface area contributed by atoms with E-state index in [4.69, 9.17) is 21.4 Å². The minimum absolute atomic E-state index is 0.217. The molecule has 1 aromatic rings. The number of carbonyl (C=O) groups is 1. The Hall–Kier alpha value is -1.48. The van der Waals surface area contributed by atoms with Crippen LogP contribution in [0.25, 0.3) is 0 Å². The number of aliphatic carboxylic acids is 1. The molecular formula is C12H13ClO3. The summed E-state index contributed by atoms with van der Waals surface area (Å²) >= 11 is 5.96. The molecule has 3 nitrogen and oxygen atoms in total. The fraction of sp³-hybridized carbons (Fsp3) is 0.250. The second-order valence-corrected chi connectivity index (χ2v) is 3.96. The molecule has 0 radical (unpaired) electrons. The molecule has 0 aliphatic rings. The lowest BCUT2D eigenvalue weighted by atomic mass is 10.2. The quantitative estimate of drug-likeness (QED) is 0.823. The van der Waals surface area contributed by atoms with Crippen LogP contribution in [0.2, 0.25) is 5.02 Å². The summed E-state index contributed by atoms with van der Waals surface area (Å²) in [6.45, 7) is 3.84. The Bertz CT molecular complexity index is 424. The number of carboxylic acid groups (broad SMARTS) is 1. The van der Waals surface area contributed by atoms with Crippen molar-refractivity contribution in [3.63, 3.8) is 0 Å². The molecule has 1 rings (SSSR count). The van der Waals surface area contributed by atoms with Gasteiger partial charge in [-0.3, -0.25) is 0 Å². The first-order valence-electron chi connectivity index (χ1n) is 4.78. The number of aryl methyl sites for hydroxylation is 1. The molecule has 0 fully saturated rings. The number of rotatable bonds is 4. The molecule has 0 saturated heterocycles. The maximum atomic E-state index is 10.4. The highest BCUT2D eigenvalue weighted by molar-refractivity contribution is 6.32. The first-order valence-corrected chi connectivity index (χ1v) is 5.16. The van der Waals surface area contributed by atoms with E-state index >= 15 is 0 Å². The molecule has 0 saturated carbocycles. The standard InChI is InChI=1S/C12H13ClO3/c1-8-3-4-11(10(13)5-8)16-7-9(2)6-12(14)15/h3-6H,7H2,1-2H3,(H,14,15). The van der Waals surface area contributed by atoms with Crippen molar-refractivity contribution in [3.8, 4) is 5.75 Å². The van der Waals surface area contributed by atoms with Crippen molar-refractivity contribution in [2.75, 3.05) is 6.61 Å². The molecule has 0 amide bonds. The lowest BCUT2D eigenvalue weighted by Gasteiger charge is -2.08. The fourth-order valence-electron chi connectivity index (χ4n) is 1.17. The summed E-state index contributed by atoms with van der Waals surface area (Å²) in [6.07, 6.45) is 1.11. The first-order chi connectivity index (χ1) is 7.49. The molecule has 4 heteroatoms. The number of carboxylic acids is 1. The summed E-state index contributed by atoms with van der Waals surface area (Å²) in [7, 11) is 0. The Morgan fingerprint density at radius 1 is 1.56 bits per heavy atom. The molecule has 0 aromatic heterocycles. The second-order valence-electron chi connectivity index (χ2n) is 3.55. The van der Waals surface area contributed by atoms with Crippen LogP contribution in [0, 0.1) is 6.92 Å². The molecule has 0 bridgehead atoms. The largest absolute Gasteiger partial charge is 0.488 e. The first kappa shape index (κ1) is 12.6. The van der Waals surface area contributed by atoms with Gasteiger partial charge in [0.15, 0.2) is 0 Å². The lowest BCUT2D eigenvalue weighted by Crippen LogP contribution is -2.01. The van der Waals surface area contributed by atoms with Crippen molar-refractivity contribution in [3.05, 3.63) is 40.4 Å². The highest BCUT2D eigenvalue weighted by atomic mass is 35.5. The molecule has 1 N–H and O–H groups in total. The van der Waals surface area contributed by atoms with E-state index in [1.165, 1.54) is 0 Å². The molecule has 0 heterocycles. The molecule has 0 spiro atoms. The van der Waals surface area contributed by atoms with Crippen molar-refractivity contribution in [2.24, 2.45) is 0 Å². The van der Waals surface area contributed by atoms with Crippen LogP contribution in [-0.4, -0.2) is 17.7 Å². The van der Waals surface area contributed by atoms with Crippen LogP contribution >= 0.6 is 11.6 Å². The monoisotopic (exact) mass is 240 g/mol. The number of hydrogen-bond acceptors (Lipinski definition) is 2. The predicted octanol–water partition coefficient (Wildman–Crippen LogP) is 3.06. The lowest BCUT2D eigenvalue weighted by molar-refractivity contribution is -0.131. The highest BCUT2D eigenvalue weighted by Crippen LogP contribution is 2.25. The van der Waals surface area contributed by atoms with Gasteiger partial charge in [0.2, 0.25) is 0 Å². The molecular weight excluding hydrogens is 228 g/mol. The molecule has 86 valence electrons. The van der Waals surface area contributed by atoms with Crippen LogP contribution in [0.15, 0.2) is 29.8 Å². The minimum atomic E-state index is -0.976. The summed E-state index contributed by atoms with van der Waals surface area (Å²) in [5, 5.41) is 9.04. The van der Waals surface area contributed by atoms with Gasteiger partial charge in [0, 0.05) is 6.08 Å². The van der Waals surface area contributed by atoms with Gasteiger partial charge in [0.05, 0.1) is 5.02 Å². The van der Waals surface area contributed by atoms with Gasteiger partial charge in [-0.1, -0.05) is 17.7 Å². The maximum absolute atomic E-state index is 10.4. The van der Waals surface area contributed by atoms with Gasteiger partial charge < -0.3 is 9.84 Å². The number of benzene rings is 1. The predicted molar refractivity (Wildman–Crippen MR) is 63.1 cm³/mol. The van der Waals surface area contributed by atoms with E-state index in [1.54, 1.807) is 19.1 Å². The Morgan fingerprint density at radius 2 is 2.25 bits per heavy atom. The van der Waals surface area contributed by atoms with Crippen LogP contribution in [-0.2, 0) is 4.79 Å². The molecule has 16 heavy (non-hydrogen) atoms. The van der Waals surface area contributed by atoms with Crippen molar-refractivity contribution >= 4 is 17.6 Å². The average molecular weight is 241 g/mol.